The summed E-state index contributed by atoms with van der Waals surface area (Å²) in [5.74, 6) is -2.56. The Labute approximate surface area is 104 Å². The van der Waals surface area contributed by atoms with E-state index < -0.39 is 11.3 Å². The van der Waals surface area contributed by atoms with Gasteiger partial charge >= 0.3 is 0 Å². The van der Waals surface area contributed by atoms with E-state index in [-0.39, 0.29) is 19.4 Å². The lowest BCUT2D eigenvalue weighted by Crippen LogP contribution is -2.53. The number of anilines is 1. The molecule has 2 rings (SSSR count). The summed E-state index contributed by atoms with van der Waals surface area (Å²) in [5, 5.41) is 0.848. The Bertz CT molecular complexity index is 420. The van der Waals surface area contributed by atoms with Gasteiger partial charge < -0.3 is 10.6 Å². The van der Waals surface area contributed by atoms with Gasteiger partial charge in [-0.15, -0.1) is 11.3 Å². The topological polar surface area (TPSA) is 42.2 Å². The van der Waals surface area contributed by atoms with E-state index in [9.17, 15) is 8.78 Å². The van der Waals surface area contributed by atoms with E-state index in [0.29, 0.717) is 0 Å². The Morgan fingerprint density at radius 3 is 2.35 bits per heavy atom. The Morgan fingerprint density at radius 1 is 1.41 bits per heavy atom. The molecule has 1 saturated carbocycles. The van der Waals surface area contributed by atoms with Crippen molar-refractivity contribution < 1.29 is 8.78 Å². The van der Waals surface area contributed by atoms with Gasteiger partial charge in [0, 0.05) is 43.8 Å². The fourth-order valence-corrected chi connectivity index (χ4v) is 3.59. The van der Waals surface area contributed by atoms with Crippen LogP contribution in [0.25, 0.3) is 0 Å². The van der Waals surface area contributed by atoms with Crippen molar-refractivity contribution in [2.45, 2.75) is 31.1 Å². The molecule has 0 spiro atoms. The molecule has 1 fully saturated rings. The number of alkyl halides is 2. The molecule has 0 unspecified atom stereocenters. The molecule has 0 amide bonds. The number of rotatable bonds is 3. The summed E-state index contributed by atoms with van der Waals surface area (Å²) in [4.78, 5) is 7.21. The molecule has 1 aromatic rings. The smallest absolute Gasteiger partial charge is 0.250 e. The van der Waals surface area contributed by atoms with Crippen molar-refractivity contribution in [2.24, 2.45) is 5.73 Å². The maximum atomic E-state index is 13.1. The zero-order valence-electron chi connectivity index (χ0n) is 10.3. The second-order valence-electron chi connectivity index (χ2n) is 5.00. The number of halogens is 2. The zero-order chi connectivity index (χ0) is 12.8. The molecule has 0 aliphatic heterocycles. The van der Waals surface area contributed by atoms with Crippen molar-refractivity contribution in [3.63, 3.8) is 0 Å². The van der Waals surface area contributed by atoms with Gasteiger partial charge in [-0.05, 0) is 6.92 Å². The highest BCUT2D eigenvalue weighted by Gasteiger charge is 2.58. The molecule has 0 saturated heterocycles. The SMILES string of the molecule is Cc1nc(N(C)C)sc1C1(CN)CC(F)(F)C1. The van der Waals surface area contributed by atoms with E-state index in [2.05, 4.69) is 4.98 Å². The molecule has 6 heteroatoms. The van der Waals surface area contributed by atoms with Crippen LogP contribution in [0.5, 0.6) is 0 Å². The summed E-state index contributed by atoms with van der Waals surface area (Å²) in [6, 6.07) is 0. The average molecular weight is 261 g/mol. The molecule has 1 aliphatic carbocycles. The van der Waals surface area contributed by atoms with E-state index in [4.69, 9.17) is 5.73 Å². The van der Waals surface area contributed by atoms with Gasteiger partial charge in [-0.1, -0.05) is 0 Å². The maximum absolute atomic E-state index is 13.1. The van der Waals surface area contributed by atoms with Gasteiger partial charge in [-0.2, -0.15) is 0 Å². The maximum Gasteiger partial charge on any atom is 0.250 e. The molecule has 1 aliphatic rings. The number of hydrogen-bond acceptors (Lipinski definition) is 4. The predicted octanol–water partition coefficient (Wildman–Crippen LogP) is 2.14. The molecule has 1 aromatic heterocycles. The molecule has 3 nitrogen and oxygen atoms in total. The number of aryl methyl sites for hydroxylation is 1. The van der Waals surface area contributed by atoms with E-state index in [1.807, 2.05) is 25.9 Å². The third-order valence-corrected chi connectivity index (χ3v) is 4.81. The molecule has 0 bridgehead atoms. The van der Waals surface area contributed by atoms with E-state index in [1.54, 1.807) is 0 Å². The Kier molecular flexibility index (Phi) is 2.90. The first kappa shape index (κ1) is 12.7. The number of hydrogen-bond donors (Lipinski definition) is 1. The minimum absolute atomic E-state index is 0.146. The zero-order valence-corrected chi connectivity index (χ0v) is 11.1. The van der Waals surface area contributed by atoms with Crippen LogP contribution in [-0.4, -0.2) is 31.5 Å². The van der Waals surface area contributed by atoms with E-state index >= 15 is 0 Å². The lowest BCUT2D eigenvalue weighted by Gasteiger charge is -2.46. The van der Waals surface area contributed by atoms with Crippen LogP contribution in [0, 0.1) is 6.92 Å². The molecule has 1 heterocycles. The summed E-state index contributed by atoms with van der Waals surface area (Å²) in [7, 11) is 3.79. The first-order valence-corrected chi connectivity index (χ1v) is 6.34. The number of aromatic nitrogens is 1. The van der Waals surface area contributed by atoms with Crippen LogP contribution >= 0.6 is 11.3 Å². The van der Waals surface area contributed by atoms with Gasteiger partial charge in [0.2, 0.25) is 5.92 Å². The lowest BCUT2D eigenvalue weighted by molar-refractivity contribution is -0.122. The Hall–Kier alpha value is -0.750. The van der Waals surface area contributed by atoms with Gasteiger partial charge in [0.1, 0.15) is 0 Å². The number of nitrogens with zero attached hydrogens (tertiary/aromatic N) is 2. The fourth-order valence-electron chi connectivity index (χ4n) is 2.40. The molecule has 0 aromatic carbocycles. The van der Waals surface area contributed by atoms with Crippen LogP contribution in [0.4, 0.5) is 13.9 Å². The van der Waals surface area contributed by atoms with Crippen LogP contribution in [-0.2, 0) is 5.41 Å². The lowest BCUT2D eigenvalue weighted by atomic mass is 9.65. The summed E-state index contributed by atoms with van der Waals surface area (Å²) < 4.78 is 26.2. The molecular weight excluding hydrogens is 244 g/mol. The first-order chi connectivity index (χ1) is 7.80. The van der Waals surface area contributed by atoms with Gasteiger partial charge in [0.05, 0.1) is 5.69 Å². The molecular formula is C11H17F2N3S. The first-order valence-electron chi connectivity index (χ1n) is 5.53. The predicted molar refractivity (Wildman–Crippen MR) is 66.1 cm³/mol. The Balaban J connectivity index is 2.33. The molecule has 2 N–H and O–H groups in total. The highest BCUT2D eigenvalue weighted by Crippen LogP contribution is 2.55. The Morgan fingerprint density at radius 2 is 2.00 bits per heavy atom. The van der Waals surface area contributed by atoms with E-state index in [1.165, 1.54) is 11.3 Å². The molecule has 0 radical (unpaired) electrons. The van der Waals surface area contributed by atoms with Crippen molar-refractivity contribution >= 4 is 16.5 Å². The third-order valence-electron chi connectivity index (χ3n) is 3.23. The van der Waals surface area contributed by atoms with Crippen molar-refractivity contribution in [2.75, 3.05) is 25.5 Å². The highest BCUT2D eigenvalue weighted by molar-refractivity contribution is 7.15. The second-order valence-corrected chi connectivity index (χ2v) is 5.98. The molecule has 17 heavy (non-hydrogen) atoms. The minimum atomic E-state index is -2.56. The van der Waals surface area contributed by atoms with Crippen LogP contribution in [0.3, 0.4) is 0 Å². The largest absolute Gasteiger partial charge is 0.354 e. The van der Waals surface area contributed by atoms with Crippen molar-refractivity contribution in [3.8, 4) is 0 Å². The van der Waals surface area contributed by atoms with Crippen molar-refractivity contribution in [1.82, 2.24) is 4.98 Å². The standard InChI is InChI=1S/C11H17F2N3S/c1-7-8(17-9(15-7)16(2)3)10(6-14)4-11(12,13)5-10/h4-6,14H2,1-3H3. The highest BCUT2D eigenvalue weighted by atomic mass is 32.1. The van der Waals surface area contributed by atoms with Gasteiger partial charge in [0.15, 0.2) is 5.13 Å². The third kappa shape index (κ3) is 2.04. The van der Waals surface area contributed by atoms with Gasteiger partial charge in [-0.25, -0.2) is 13.8 Å². The normalized spacial score (nSPS) is 21.1. The van der Waals surface area contributed by atoms with Crippen LogP contribution < -0.4 is 10.6 Å². The van der Waals surface area contributed by atoms with Gasteiger partial charge in [0.25, 0.3) is 0 Å². The minimum Gasteiger partial charge on any atom is -0.354 e. The van der Waals surface area contributed by atoms with Crippen LogP contribution in [0.15, 0.2) is 0 Å². The number of thiazole rings is 1. The monoisotopic (exact) mass is 261 g/mol. The summed E-state index contributed by atoms with van der Waals surface area (Å²) in [6.45, 7) is 2.13. The molecule has 0 atom stereocenters. The summed E-state index contributed by atoms with van der Waals surface area (Å²) in [6.07, 6.45) is -0.293. The quantitative estimate of drug-likeness (QED) is 0.906. The summed E-state index contributed by atoms with van der Waals surface area (Å²) in [5.41, 5.74) is 5.99. The molecule has 96 valence electrons. The second kappa shape index (κ2) is 3.88. The van der Waals surface area contributed by atoms with Crippen LogP contribution in [0.2, 0.25) is 0 Å². The van der Waals surface area contributed by atoms with Crippen molar-refractivity contribution in [3.05, 3.63) is 10.6 Å². The van der Waals surface area contributed by atoms with Crippen molar-refractivity contribution in [1.29, 1.82) is 0 Å². The van der Waals surface area contributed by atoms with E-state index in [0.717, 1.165) is 15.7 Å². The number of nitrogens with two attached hydrogens (primary N) is 1. The van der Waals surface area contributed by atoms with Gasteiger partial charge in [-0.3, -0.25) is 0 Å². The average Bonchev–Trinajstić information content (AvgIpc) is 2.56. The fraction of sp³-hybridized carbons (Fsp3) is 0.727. The van der Waals surface area contributed by atoms with Crippen LogP contribution in [0.1, 0.15) is 23.4 Å². The summed E-state index contributed by atoms with van der Waals surface area (Å²) >= 11 is 1.48.